The number of halogens is 2. The van der Waals surface area contributed by atoms with Crippen molar-refractivity contribution in [2.75, 3.05) is 6.61 Å². The molecule has 5 nitrogen and oxygen atoms in total. The normalized spacial score (nSPS) is 12.0. The average Bonchev–Trinajstić information content (AvgIpc) is 3.31. The average molecular weight is 481 g/mol. The number of para-hydroxylation sites is 2. The third-order valence-corrected chi connectivity index (χ3v) is 6.32. The molecule has 0 bridgehead atoms. The summed E-state index contributed by atoms with van der Waals surface area (Å²) in [6, 6.07) is 17.1. The van der Waals surface area contributed by atoms with Gasteiger partial charge in [0, 0.05) is 0 Å². The molecule has 0 radical (unpaired) electrons. The van der Waals surface area contributed by atoms with Crippen LogP contribution in [0.1, 0.15) is 18.1 Å². The molecular weight excluding hydrogens is 463 g/mol. The van der Waals surface area contributed by atoms with Crippen LogP contribution < -0.4 is 19.6 Å². The van der Waals surface area contributed by atoms with Crippen LogP contribution in [-0.2, 0) is 6.61 Å². The lowest BCUT2D eigenvalue weighted by atomic mass is 10.2. The zero-order chi connectivity index (χ0) is 22.9. The smallest absolute Gasteiger partial charge is 0.274 e. The Morgan fingerprint density at radius 2 is 1.91 bits per heavy atom. The van der Waals surface area contributed by atoms with E-state index in [1.165, 1.54) is 23.5 Å². The van der Waals surface area contributed by atoms with Crippen molar-refractivity contribution >= 4 is 45.0 Å². The van der Waals surface area contributed by atoms with E-state index in [4.69, 9.17) is 21.1 Å². The maximum Gasteiger partial charge on any atom is 0.274 e. The molecule has 0 saturated heterocycles. The van der Waals surface area contributed by atoms with Gasteiger partial charge in [-0.1, -0.05) is 47.2 Å². The second-order valence-electron chi connectivity index (χ2n) is 7.31. The molecule has 2 aromatic heterocycles. The predicted molar refractivity (Wildman–Crippen MR) is 129 cm³/mol. The number of imidazole rings is 1. The van der Waals surface area contributed by atoms with Crippen molar-refractivity contribution in [1.82, 2.24) is 9.38 Å². The molecule has 0 saturated carbocycles. The summed E-state index contributed by atoms with van der Waals surface area (Å²) in [5.74, 6) is 0.560. The van der Waals surface area contributed by atoms with Gasteiger partial charge in [-0.3, -0.25) is 4.79 Å². The monoisotopic (exact) mass is 480 g/mol. The van der Waals surface area contributed by atoms with Crippen molar-refractivity contribution in [2.45, 2.75) is 13.5 Å². The number of benzene rings is 3. The Labute approximate surface area is 197 Å². The molecule has 0 spiro atoms. The van der Waals surface area contributed by atoms with Gasteiger partial charge in [-0.15, -0.1) is 0 Å². The molecule has 2 heterocycles. The van der Waals surface area contributed by atoms with Crippen molar-refractivity contribution in [3.05, 3.63) is 97.5 Å². The van der Waals surface area contributed by atoms with Crippen molar-refractivity contribution in [1.29, 1.82) is 0 Å². The molecule has 8 heteroatoms. The van der Waals surface area contributed by atoms with Crippen molar-refractivity contribution < 1.29 is 13.9 Å². The van der Waals surface area contributed by atoms with E-state index in [9.17, 15) is 9.18 Å². The molecular formula is C25H18ClFN2O3S. The van der Waals surface area contributed by atoms with Crippen LogP contribution in [0.3, 0.4) is 0 Å². The van der Waals surface area contributed by atoms with Crippen LogP contribution in [-0.4, -0.2) is 16.0 Å². The van der Waals surface area contributed by atoms with Crippen LogP contribution in [0.4, 0.5) is 4.39 Å². The fourth-order valence-electron chi connectivity index (χ4n) is 3.57. The molecule has 5 aromatic rings. The van der Waals surface area contributed by atoms with Gasteiger partial charge in [0.2, 0.25) is 0 Å². The molecule has 0 fully saturated rings. The van der Waals surface area contributed by atoms with Crippen LogP contribution in [0.5, 0.6) is 11.5 Å². The van der Waals surface area contributed by atoms with Gasteiger partial charge in [0.1, 0.15) is 12.4 Å². The summed E-state index contributed by atoms with van der Waals surface area (Å²) in [4.78, 5) is 18.2. The first-order valence-electron chi connectivity index (χ1n) is 10.3. The molecule has 0 amide bonds. The SMILES string of the molecule is CCOc1cc(/C=c2\sc3nc4ccccc4n3c2=O)cc(Cl)c1OCc1ccc(F)cc1. The molecule has 0 unspecified atom stereocenters. The van der Waals surface area contributed by atoms with Crippen LogP contribution in [0.25, 0.3) is 22.1 Å². The number of hydrogen-bond acceptors (Lipinski definition) is 5. The van der Waals surface area contributed by atoms with E-state index in [-0.39, 0.29) is 18.0 Å². The zero-order valence-electron chi connectivity index (χ0n) is 17.5. The van der Waals surface area contributed by atoms with E-state index in [0.29, 0.717) is 38.2 Å². The first-order valence-corrected chi connectivity index (χ1v) is 11.5. The standard InChI is InChI=1S/C25H18ClFN2O3S/c1-2-31-21-12-16(11-18(26)23(21)32-14-15-7-9-17(27)10-8-15)13-22-24(30)29-20-6-4-3-5-19(20)28-25(29)33-22/h3-13H,2,14H2,1H3/b22-13-. The number of thiazole rings is 1. The van der Waals surface area contributed by atoms with Crippen molar-refractivity contribution in [3.8, 4) is 11.5 Å². The maximum atomic E-state index is 13.1. The molecule has 0 N–H and O–H groups in total. The molecule has 0 atom stereocenters. The topological polar surface area (TPSA) is 52.8 Å². The van der Waals surface area contributed by atoms with Gasteiger partial charge in [-0.2, -0.15) is 0 Å². The van der Waals surface area contributed by atoms with Crippen LogP contribution in [0.15, 0.2) is 65.5 Å². The van der Waals surface area contributed by atoms with Gasteiger partial charge in [-0.05, 0) is 60.5 Å². The number of nitrogens with zero attached hydrogens (tertiary/aromatic N) is 2. The highest BCUT2D eigenvalue weighted by Crippen LogP contribution is 2.37. The fourth-order valence-corrected chi connectivity index (χ4v) is 4.83. The van der Waals surface area contributed by atoms with E-state index in [1.54, 1.807) is 34.7 Å². The number of ether oxygens (including phenoxy) is 2. The van der Waals surface area contributed by atoms with Gasteiger partial charge in [0.25, 0.3) is 5.56 Å². The summed E-state index contributed by atoms with van der Waals surface area (Å²) in [6.07, 6.45) is 1.77. The predicted octanol–water partition coefficient (Wildman–Crippen LogP) is 5.23. The third kappa shape index (κ3) is 4.17. The quantitative estimate of drug-likeness (QED) is 0.334. The Hall–Kier alpha value is -3.42. The highest BCUT2D eigenvalue weighted by atomic mass is 35.5. The number of hydrogen-bond donors (Lipinski definition) is 0. The summed E-state index contributed by atoms with van der Waals surface area (Å²) in [6.45, 7) is 2.49. The minimum absolute atomic E-state index is 0.130. The highest BCUT2D eigenvalue weighted by Gasteiger charge is 2.14. The summed E-state index contributed by atoms with van der Waals surface area (Å²) in [5, 5.41) is 0.355. The Morgan fingerprint density at radius 1 is 1.12 bits per heavy atom. The molecule has 0 aliphatic rings. The number of rotatable bonds is 6. The van der Waals surface area contributed by atoms with Crippen molar-refractivity contribution in [3.63, 3.8) is 0 Å². The largest absolute Gasteiger partial charge is 0.490 e. The summed E-state index contributed by atoms with van der Waals surface area (Å²) >= 11 is 7.85. The second-order valence-corrected chi connectivity index (χ2v) is 8.73. The number of aromatic nitrogens is 2. The first kappa shape index (κ1) is 21.4. The summed E-state index contributed by atoms with van der Waals surface area (Å²) in [5.41, 5.74) is 2.95. The Kier molecular flexibility index (Phi) is 5.74. The lowest BCUT2D eigenvalue weighted by molar-refractivity contribution is 0.269. The van der Waals surface area contributed by atoms with Crippen molar-refractivity contribution in [2.24, 2.45) is 0 Å². The van der Waals surface area contributed by atoms with E-state index >= 15 is 0 Å². The molecule has 0 aliphatic heterocycles. The van der Waals surface area contributed by atoms with E-state index < -0.39 is 0 Å². The Bertz CT molecular complexity index is 1580. The van der Waals surface area contributed by atoms with E-state index in [1.807, 2.05) is 31.2 Å². The van der Waals surface area contributed by atoms with Gasteiger partial charge in [0.15, 0.2) is 16.5 Å². The molecule has 33 heavy (non-hydrogen) atoms. The minimum atomic E-state index is -0.307. The zero-order valence-corrected chi connectivity index (χ0v) is 19.1. The van der Waals surface area contributed by atoms with Gasteiger partial charge in [-0.25, -0.2) is 13.8 Å². The first-order chi connectivity index (χ1) is 16.0. The maximum absolute atomic E-state index is 13.1. The van der Waals surface area contributed by atoms with Gasteiger partial charge >= 0.3 is 0 Å². The van der Waals surface area contributed by atoms with Gasteiger partial charge in [0.05, 0.1) is 27.2 Å². The third-order valence-electron chi connectivity index (χ3n) is 5.07. The molecule has 166 valence electrons. The van der Waals surface area contributed by atoms with Crippen LogP contribution in [0, 0.1) is 5.82 Å². The summed E-state index contributed by atoms with van der Waals surface area (Å²) < 4.78 is 27.0. The fraction of sp³-hybridized carbons (Fsp3) is 0.120. The van der Waals surface area contributed by atoms with Gasteiger partial charge < -0.3 is 9.47 Å². The Balaban J connectivity index is 1.52. The minimum Gasteiger partial charge on any atom is -0.490 e. The lowest BCUT2D eigenvalue weighted by Crippen LogP contribution is -2.22. The second kappa shape index (κ2) is 8.84. The highest BCUT2D eigenvalue weighted by molar-refractivity contribution is 7.15. The lowest BCUT2D eigenvalue weighted by Gasteiger charge is -2.14. The molecule has 3 aromatic carbocycles. The Morgan fingerprint density at radius 3 is 2.70 bits per heavy atom. The molecule has 0 aliphatic carbocycles. The van der Waals surface area contributed by atoms with Crippen LogP contribution >= 0.6 is 22.9 Å². The summed E-state index contributed by atoms with van der Waals surface area (Å²) in [7, 11) is 0. The number of fused-ring (bicyclic) bond motifs is 3. The van der Waals surface area contributed by atoms with E-state index in [2.05, 4.69) is 4.98 Å². The van der Waals surface area contributed by atoms with E-state index in [0.717, 1.165) is 16.6 Å². The molecule has 5 rings (SSSR count). The van der Waals surface area contributed by atoms with Crippen LogP contribution in [0.2, 0.25) is 5.02 Å².